The minimum atomic E-state index is -4.17. The molecule has 3 aromatic rings. The van der Waals surface area contributed by atoms with Gasteiger partial charge in [-0.05, 0) is 82.1 Å². The van der Waals surface area contributed by atoms with Crippen molar-refractivity contribution in [3.8, 4) is 0 Å². The van der Waals surface area contributed by atoms with Gasteiger partial charge in [0.05, 0.1) is 10.6 Å². The van der Waals surface area contributed by atoms with E-state index in [1.54, 1.807) is 68.4 Å². The normalized spacial score (nSPS) is 12.2. The first kappa shape index (κ1) is 30.5. The van der Waals surface area contributed by atoms with Crippen molar-refractivity contribution in [1.82, 2.24) is 10.2 Å². The minimum Gasteiger partial charge on any atom is -0.352 e. The molecule has 0 fully saturated rings. The monoisotopic (exact) mass is 589 g/mol. The highest BCUT2D eigenvalue weighted by Crippen LogP contribution is 2.31. The van der Waals surface area contributed by atoms with Crippen molar-refractivity contribution in [1.29, 1.82) is 0 Å². The molecule has 3 aromatic carbocycles. The predicted molar refractivity (Wildman–Crippen MR) is 157 cm³/mol. The van der Waals surface area contributed by atoms with Crippen molar-refractivity contribution in [3.05, 3.63) is 93.5 Å². The molecule has 7 nitrogen and oxygen atoms in total. The molecule has 1 N–H and O–H groups in total. The van der Waals surface area contributed by atoms with E-state index < -0.39 is 28.5 Å². The number of aryl methyl sites for hydroxylation is 1. The molecule has 0 aliphatic rings. The van der Waals surface area contributed by atoms with Gasteiger partial charge in [-0.2, -0.15) is 0 Å². The number of amides is 2. The summed E-state index contributed by atoms with van der Waals surface area (Å²) >= 11 is 12.4. The number of anilines is 1. The van der Waals surface area contributed by atoms with Gasteiger partial charge in [0.2, 0.25) is 11.8 Å². The Kier molecular flexibility index (Phi) is 10.0. The van der Waals surface area contributed by atoms with Gasteiger partial charge < -0.3 is 10.2 Å². The van der Waals surface area contributed by atoms with E-state index in [4.69, 9.17) is 23.2 Å². The lowest BCUT2D eigenvalue weighted by atomic mass is 10.1. The summed E-state index contributed by atoms with van der Waals surface area (Å²) in [5.74, 6) is -0.898. The molecule has 0 aliphatic carbocycles. The summed E-state index contributed by atoms with van der Waals surface area (Å²) < 4.78 is 28.9. The number of benzene rings is 3. The molecule has 0 unspecified atom stereocenters. The van der Waals surface area contributed by atoms with E-state index in [-0.39, 0.29) is 29.1 Å². The van der Waals surface area contributed by atoms with Crippen molar-refractivity contribution < 1.29 is 18.0 Å². The van der Waals surface area contributed by atoms with Gasteiger partial charge in [-0.25, -0.2) is 8.42 Å². The van der Waals surface area contributed by atoms with Gasteiger partial charge in [0.15, 0.2) is 0 Å². The first-order valence-electron chi connectivity index (χ1n) is 12.5. The molecule has 0 aromatic heterocycles. The zero-order chi connectivity index (χ0) is 28.9. The zero-order valence-corrected chi connectivity index (χ0v) is 24.9. The van der Waals surface area contributed by atoms with Crippen LogP contribution in [0.5, 0.6) is 0 Å². The van der Waals surface area contributed by atoms with Crippen LogP contribution in [0, 0.1) is 13.8 Å². The molecule has 0 bridgehead atoms. The molecular formula is C29H33Cl2N3O4S. The van der Waals surface area contributed by atoms with E-state index in [9.17, 15) is 18.0 Å². The molecule has 0 saturated carbocycles. The number of hydrogen-bond donors (Lipinski definition) is 1. The molecule has 39 heavy (non-hydrogen) atoms. The number of rotatable bonds is 10. The van der Waals surface area contributed by atoms with Crippen LogP contribution in [0.1, 0.15) is 37.5 Å². The van der Waals surface area contributed by atoms with E-state index in [0.717, 1.165) is 15.4 Å². The maximum absolute atomic E-state index is 13.9. The highest BCUT2D eigenvalue weighted by molar-refractivity contribution is 7.92. The quantitative estimate of drug-likeness (QED) is 0.326. The van der Waals surface area contributed by atoms with Gasteiger partial charge in [-0.1, -0.05) is 59.1 Å². The van der Waals surface area contributed by atoms with Crippen LogP contribution in [-0.4, -0.2) is 43.8 Å². The first-order valence-corrected chi connectivity index (χ1v) is 14.7. The van der Waals surface area contributed by atoms with Crippen LogP contribution in [0.4, 0.5) is 5.69 Å². The lowest BCUT2D eigenvalue weighted by Crippen LogP contribution is -2.52. The Bertz CT molecular complexity index is 1430. The van der Waals surface area contributed by atoms with Gasteiger partial charge in [0.1, 0.15) is 12.6 Å². The summed E-state index contributed by atoms with van der Waals surface area (Å²) in [6.45, 7) is 8.37. The summed E-state index contributed by atoms with van der Waals surface area (Å²) in [5.41, 5.74) is 2.43. The predicted octanol–water partition coefficient (Wildman–Crippen LogP) is 5.75. The molecular weight excluding hydrogens is 557 g/mol. The third kappa shape index (κ3) is 7.53. The smallest absolute Gasteiger partial charge is 0.264 e. The van der Waals surface area contributed by atoms with Crippen molar-refractivity contribution in [3.63, 3.8) is 0 Å². The summed E-state index contributed by atoms with van der Waals surface area (Å²) in [7, 11) is -4.17. The van der Waals surface area contributed by atoms with Crippen molar-refractivity contribution >= 4 is 50.7 Å². The average Bonchev–Trinajstić information content (AvgIpc) is 2.88. The van der Waals surface area contributed by atoms with E-state index >= 15 is 0 Å². The van der Waals surface area contributed by atoms with E-state index in [1.807, 2.05) is 20.8 Å². The maximum atomic E-state index is 13.9. The van der Waals surface area contributed by atoms with Crippen molar-refractivity contribution in [2.75, 3.05) is 10.8 Å². The van der Waals surface area contributed by atoms with E-state index in [0.29, 0.717) is 15.6 Å². The molecule has 3 rings (SSSR count). The zero-order valence-electron chi connectivity index (χ0n) is 22.6. The fourth-order valence-electron chi connectivity index (χ4n) is 3.99. The SMILES string of the molecule is Cc1ccc(S(=O)(=O)N(CC(=O)N(Cc2ccc(Cl)cc2)[C@H](C)C(=O)NC(C)C)c2cccc(Cl)c2C)cc1. The Hall–Kier alpha value is -3.07. The van der Waals surface area contributed by atoms with Crippen LogP contribution < -0.4 is 9.62 Å². The van der Waals surface area contributed by atoms with Crippen LogP contribution >= 0.6 is 23.2 Å². The largest absolute Gasteiger partial charge is 0.352 e. The third-order valence-electron chi connectivity index (χ3n) is 6.26. The molecule has 208 valence electrons. The molecule has 1 atom stereocenters. The Morgan fingerprint density at radius 3 is 2.10 bits per heavy atom. The van der Waals surface area contributed by atoms with Crippen molar-refractivity contribution in [2.24, 2.45) is 0 Å². The van der Waals surface area contributed by atoms with E-state index in [1.165, 1.54) is 17.0 Å². The van der Waals surface area contributed by atoms with Crippen LogP contribution in [0.2, 0.25) is 10.0 Å². The number of halogens is 2. The third-order valence-corrected chi connectivity index (χ3v) is 8.70. The van der Waals surface area contributed by atoms with Crippen LogP contribution in [-0.2, 0) is 26.2 Å². The summed E-state index contributed by atoms with van der Waals surface area (Å²) in [5, 5.41) is 3.74. The second kappa shape index (κ2) is 12.9. The second-order valence-corrected chi connectivity index (χ2v) is 12.4. The number of carbonyl (C=O) groups excluding carboxylic acids is 2. The number of hydrogen-bond acceptors (Lipinski definition) is 4. The Morgan fingerprint density at radius 1 is 0.897 bits per heavy atom. The Labute approximate surface area is 240 Å². The van der Waals surface area contributed by atoms with Crippen LogP contribution in [0.25, 0.3) is 0 Å². The molecule has 0 spiro atoms. The second-order valence-electron chi connectivity index (χ2n) is 9.70. The Morgan fingerprint density at radius 2 is 1.51 bits per heavy atom. The lowest BCUT2D eigenvalue weighted by Gasteiger charge is -2.32. The van der Waals surface area contributed by atoms with Crippen LogP contribution in [0.3, 0.4) is 0 Å². The standard InChI is InChI=1S/C29H33Cl2N3O4S/c1-19(2)32-29(36)22(5)33(17-23-11-13-24(30)14-12-23)28(35)18-34(27-8-6-7-26(31)21(27)4)39(37,38)25-15-9-20(3)10-16-25/h6-16,19,22H,17-18H2,1-5H3,(H,32,36)/t22-/m1/s1. The fraction of sp³-hybridized carbons (Fsp3) is 0.310. The topological polar surface area (TPSA) is 86.8 Å². The van der Waals surface area contributed by atoms with Gasteiger partial charge in [0, 0.05) is 22.6 Å². The first-order chi connectivity index (χ1) is 18.3. The van der Waals surface area contributed by atoms with Gasteiger partial charge >= 0.3 is 0 Å². The summed E-state index contributed by atoms with van der Waals surface area (Å²) in [6.07, 6.45) is 0. The number of nitrogens with zero attached hydrogens (tertiary/aromatic N) is 2. The van der Waals surface area contributed by atoms with Crippen LogP contribution in [0.15, 0.2) is 71.6 Å². The molecule has 0 radical (unpaired) electrons. The minimum absolute atomic E-state index is 0.0372. The average molecular weight is 591 g/mol. The maximum Gasteiger partial charge on any atom is 0.264 e. The summed E-state index contributed by atoms with van der Waals surface area (Å²) in [4.78, 5) is 28.3. The molecule has 10 heteroatoms. The van der Waals surface area contributed by atoms with Gasteiger partial charge in [0.25, 0.3) is 10.0 Å². The highest BCUT2D eigenvalue weighted by atomic mass is 35.5. The molecule has 0 saturated heterocycles. The number of nitrogens with one attached hydrogen (secondary N) is 1. The molecule has 0 aliphatic heterocycles. The Balaban J connectivity index is 2.07. The number of carbonyl (C=O) groups is 2. The molecule has 0 heterocycles. The highest BCUT2D eigenvalue weighted by Gasteiger charge is 2.33. The van der Waals surface area contributed by atoms with Crippen molar-refractivity contribution in [2.45, 2.75) is 58.1 Å². The fourth-order valence-corrected chi connectivity index (χ4v) is 5.76. The number of sulfonamides is 1. The lowest BCUT2D eigenvalue weighted by molar-refractivity contribution is -0.139. The molecule has 2 amide bonds. The summed E-state index contributed by atoms with van der Waals surface area (Å²) in [6, 6.07) is 17.2. The van der Waals surface area contributed by atoms with Gasteiger partial charge in [-0.15, -0.1) is 0 Å². The van der Waals surface area contributed by atoms with Gasteiger partial charge in [-0.3, -0.25) is 13.9 Å². The van der Waals surface area contributed by atoms with E-state index in [2.05, 4.69) is 5.32 Å².